The second-order valence-electron chi connectivity index (χ2n) is 10.5. The van der Waals surface area contributed by atoms with E-state index in [1.807, 2.05) is 69.7 Å². The molecule has 1 aliphatic carbocycles. The van der Waals surface area contributed by atoms with Gasteiger partial charge < -0.3 is 19.3 Å². The summed E-state index contributed by atoms with van der Waals surface area (Å²) in [6.45, 7) is 3.80. The molecule has 37 heavy (non-hydrogen) atoms. The first-order chi connectivity index (χ1) is 17.8. The molecule has 3 aromatic rings. The Morgan fingerprint density at radius 3 is 2.30 bits per heavy atom. The van der Waals surface area contributed by atoms with Crippen molar-refractivity contribution in [3.8, 4) is 22.6 Å². The van der Waals surface area contributed by atoms with E-state index in [1.54, 1.807) is 4.90 Å². The molecule has 0 radical (unpaired) electrons. The topological polar surface area (TPSA) is 59.1 Å². The number of rotatable bonds is 9. The Labute approximate surface area is 218 Å². The maximum Gasteiger partial charge on any atom is 0.253 e. The number of carbonyl (C=O) groups excluding carboxylic acids is 2. The van der Waals surface area contributed by atoms with Gasteiger partial charge in [-0.25, -0.2) is 0 Å². The fraction of sp³-hybridized carbons (Fsp3) is 0.355. The highest BCUT2D eigenvalue weighted by Gasteiger charge is 2.50. The summed E-state index contributed by atoms with van der Waals surface area (Å²) in [5.74, 6) is 1.72. The first-order valence-corrected chi connectivity index (χ1v) is 12.8. The third-order valence-corrected chi connectivity index (χ3v) is 7.55. The van der Waals surface area contributed by atoms with Crippen molar-refractivity contribution in [2.75, 3.05) is 41.0 Å². The van der Waals surface area contributed by atoms with Crippen molar-refractivity contribution in [2.45, 2.75) is 31.6 Å². The average Bonchev–Trinajstić information content (AvgIpc) is 3.58. The van der Waals surface area contributed by atoms with Gasteiger partial charge in [0, 0.05) is 32.1 Å². The Balaban J connectivity index is 1.31. The van der Waals surface area contributed by atoms with Crippen LogP contribution in [0.5, 0.6) is 11.5 Å². The van der Waals surface area contributed by atoms with Crippen molar-refractivity contribution in [1.82, 2.24) is 9.80 Å². The van der Waals surface area contributed by atoms with Gasteiger partial charge in [-0.15, -0.1) is 0 Å². The van der Waals surface area contributed by atoms with E-state index in [2.05, 4.69) is 24.0 Å². The average molecular weight is 499 g/mol. The van der Waals surface area contributed by atoms with Crippen LogP contribution in [0.3, 0.4) is 0 Å². The van der Waals surface area contributed by atoms with Crippen molar-refractivity contribution in [3.63, 3.8) is 0 Å². The SMILES string of the molecule is Cc1ccc(CC(=O)C2(c3ccc4c(c3)OCO4)CC2)cc1-c1ccc(C(=O)N(C)CCN(C)C)cc1. The minimum absolute atomic E-state index is 0.0164. The molecule has 1 amide bonds. The monoisotopic (exact) mass is 498 g/mol. The van der Waals surface area contributed by atoms with Gasteiger partial charge in [0.2, 0.25) is 6.79 Å². The Morgan fingerprint density at radius 2 is 1.59 bits per heavy atom. The number of Topliss-reactive ketones (excluding diaryl/α,β-unsaturated/α-hetero) is 1. The van der Waals surface area contributed by atoms with Crippen LogP contribution in [0, 0.1) is 6.92 Å². The van der Waals surface area contributed by atoms with E-state index in [0.717, 1.165) is 58.7 Å². The number of amides is 1. The van der Waals surface area contributed by atoms with Crippen LogP contribution in [-0.2, 0) is 16.6 Å². The standard InChI is InChI=1S/C31H34N2O4/c1-21-5-6-22(18-29(34)31(13-14-31)25-11-12-27-28(19-25)37-20-36-27)17-26(21)23-7-9-24(10-8-23)30(35)33(4)16-15-32(2)3/h5-12,17,19H,13-16,18,20H2,1-4H3. The number of ketones is 1. The molecule has 3 aromatic carbocycles. The molecule has 0 saturated heterocycles. The molecule has 1 fully saturated rings. The first-order valence-electron chi connectivity index (χ1n) is 12.8. The maximum absolute atomic E-state index is 13.5. The van der Waals surface area contributed by atoms with Crippen molar-refractivity contribution < 1.29 is 19.1 Å². The van der Waals surface area contributed by atoms with Crippen LogP contribution in [-0.4, -0.2) is 62.5 Å². The van der Waals surface area contributed by atoms with E-state index < -0.39 is 5.41 Å². The lowest BCUT2D eigenvalue weighted by Gasteiger charge is -2.20. The van der Waals surface area contributed by atoms with Crippen LogP contribution in [0.4, 0.5) is 0 Å². The van der Waals surface area contributed by atoms with Crippen LogP contribution >= 0.6 is 0 Å². The highest BCUT2D eigenvalue weighted by atomic mass is 16.7. The molecule has 6 nitrogen and oxygen atoms in total. The molecule has 0 bridgehead atoms. The molecule has 2 aliphatic rings. The number of likely N-dealkylation sites (N-methyl/N-ethyl adjacent to an activating group) is 2. The van der Waals surface area contributed by atoms with Gasteiger partial charge in [-0.1, -0.05) is 36.4 Å². The number of benzene rings is 3. The van der Waals surface area contributed by atoms with Crippen LogP contribution in [0.2, 0.25) is 0 Å². The lowest BCUT2D eigenvalue weighted by Crippen LogP contribution is -2.33. The first kappa shape index (κ1) is 25.0. The van der Waals surface area contributed by atoms with Crippen molar-refractivity contribution in [2.24, 2.45) is 0 Å². The van der Waals surface area contributed by atoms with Crippen LogP contribution in [0.1, 0.15) is 39.9 Å². The van der Waals surface area contributed by atoms with Crippen molar-refractivity contribution in [3.05, 3.63) is 82.9 Å². The van der Waals surface area contributed by atoms with Gasteiger partial charge in [0.05, 0.1) is 5.41 Å². The van der Waals surface area contributed by atoms with E-state index in [9.17, 15) is 9.59 Å². The molecule has 0 atom stereocenters. The third kappa shape index (κ3) is 5.12. The number of nitrogens with zero attached hydrogens (tertiary/aromatic N) is 2. The van der Waals surface area contributed by atoms with E-state index in [4.69, 9.17) is 9.47 Å². The smallest absolute Gasteiger partial charge is 0.253 e. The molecular formula is C31H34N2O4. The fourth-order valence-electron chi connectivity index (χ4n) is 4.96. The number of hydrogen-bond donors (Lipinski definition) is 0. The Hall–Kier alpha value is -3.64. The minimum Gasteiger partial charge on any atom is -0.454 e. The summed E-state index contributed by atoms with van der Waals surface area (Å²) >= 11 is 0. The molecule has 192 valence electrons. The third-order valence-electron chi connectivity index (χ3n) is 7.55. The summed E-state index contributed by atoms with van der Waals surface area (Å²) < 4.78 is 11.0. The van der Waals surface area contributed by atoms with E-state index in [0.29, 0.717) is 18.5 Å². The summed E-state index contributed by atoms with van der Waals surface area (Å²) in [4.78, 5) is 30.1. The summed E-state index contributed by atoms with van der Waals surface area (Å²) in [6.07, 6.45) is 2.11. The predicted molar refractivity (Wildman–Crippen MR) is 144 cm³/mol. The normalized spacial score (nSPS) is 15.1. The Morgan fingerprint density at radius 1 is 0.865 bits per heavy atom. The van der Waals surface area contributed by atoms with Crippen LogP contribution < -0.4 is 9.47 Å². The Bertz CT molecular complexity index is 1330. The van der Waals surface area contributed by atoms with E-state index in [-0.39, 0.29) is 18.5 Å². The van der Waals surface area contributed by atoms with Gasteiger partial charge in [0.25, 0.3) is 5.91 Å². The molecular weight excluding hydrogens is 464 g/mol. The second-order valence-corrected chi connectivity index (χ2v) is 10.5. The lowest BCUT2D eigenvalue weighted by atomic mass is 9.87. The van der Waals surface area contributed by atoms with Crippen LogP contribution in [0.25, 0.3) is 11.1 Å². The molecule has 0 unspecified atom stereocenters. The number of hydrogen-bond acceptors (Lipinski definition) is 5. The molecule has 6 heteroatoms. The van der Waals surface area contributed by atoms with Crippen LogP contribution in [0.15, 0.2) is 60.7 Å². The summed E-state index contributed by atoms with van der Waals surface area (Å²) in [5.41, 5.74) is 5.52. The molecule has 1 aliphatic heterocycles. The molecule has 0 spiro atoms. The highest BCUT2D eigenvalue weighted by Crippen LogP contribution is 2.51. The minimum atomic E-state index is -0.424. The molecule has 1 saturated carbocycles. The zero-order valence-electron chi connectivity index (χ0n) is 22.0. The highest BCUT2D eigenvalue weighted by molar-refractivity contribution is 5.95. The van der Waals surface area contributed by atoms with Gasteiger partial charge in [0.1, 0.15) is 5.78 Å². The molecule has 1 heterocycles. The van der Waals surface area contributed by atoms with Gasteiger partial charge in [-0.05, 0) is 85.9 Å². The molecule has 0 aromatic heterocycles. The zero-order valence-corrected chi connectivity index (χ0v) is 22.0. The van der Waals surface area contributed by atoms with Crippen molar-refractivity contribution >= 4 is 11.7 Å². The van der Waals surface area contributed by atoms with E-state index >= 15 is 0 Å². The summed E-state index contributed by atoms with van der Waals surface area (Å²) in [7, 11) is 5.83. The van der Waals surface area contributed by atoms with Crippen molar-refractivity contribution in [1.29, 1.82) is 0 Å². The summed E-state index contributed by atoms with van der Waals surface area (Å²) in [6, 6.07) is 19.9. The number of ether oxygens (including phenoxy) is 2. The Kier molecular flexibility index (Phi) is 6.78. The fourth-order valence-corrected chi connectivity index (χ4v) is 4.96. The largest absolute Gasteiger partial charge is 0.454 e. The van der Waals surface area contributed by atoms with Gasteiger partial charge in [0.15, 0.2) is 11.5 Å². The number of carbonyl (C=O) groups is 2. The van der Waals surface area contributed by atoms with Gasteiger partial charge in [-0.2, -0.15) is 0 Å². The zero-order chi connectivity index (χ0) is 26.2. The second kappa shape index (κ2) is 10.0. The predicted octanol–water partition coefficient (Wildman–Crippen LogP) is 4.87. The van der Waals surface area contributed by atoms with Gasteiger partial charge >= 0.3 is 0 Å². The lowest BCUT2D eigenvalue weighted by molar-refractivity contribution is -0.120. The van der Waals surface area contributed by atoms with Gasteiger partial charge in [-0.3, -0.25) is 9.59 Å². The molecule has 0 N–H and O–H groups in total. The maximum atomic E-state index is 13.5. The number of fused-ring (bicyclic) bond motifs is 1. The molecule has 5 rings (SSSR count). The summed E-state index contributed by atoms with van der Waals surface area (Å²) in [5, 5.41) is 0. The quantitative estimate of drug-likeness (QED) is 0.421. The number of aryl methyl sites for hydroxylation is 1. The van der Waals surface area contributed by atoms with E-state index in [1.165, 1.54) is 0 Å².